The van der Waals surface area contributed by atoms with Gasteiger partial charge in [0.15, 0.2) is 11.5 Å². The quantitative estimate of drug-likeness (QED) is 0.876. The molecule has 0 radical (unpaired) electrons. The lowest BCUT2D eigenvalue weighted by Crippen LogP contribution is -2.12. The Kier molecular flexibility index (Phi) is 2.19. The number of rotatable bonds is 1. The van der Waals surface area contributed by atoms with E-state index in [2.05, 4.69) is 20.9 Å². The van der Waals surface area contributed by atoms with E-state index in [1.807, 2.05) is 18.2 Å². The maximum absolute atomic E-state index is 10.9. The van der Waals surface area contributed by atoms with E-state index in [1.165, 1.54) is 6.20 Å². The predicted octanol–water partition coefficient (Wildman–Crippen LogP) is 2.23. The number of carboxylic acids is 1. The van der Waals surface area contributed by atoms with Crippen molar-refractivity contribution in [3.63, 3.8) is 0 Å². The van der Waals surface area contributed by atoms with Gasteiger partial charge in [-0.1, -0.05) is 15.9 Å². The van der Waals surface area contributed by atoms with Crippen LogP contribution in [0.25, 0.3) is 5.69 Å². The van der Waals surface area contributed by atoms with Gasteiger partial charge in [-0.15, -0.1) is 0 Å². The maximum atomic E-state index is 10.9. The number of hydrogen-bond acceptors (Lipinski definition) is 3. The first-order valence-electron chi connectivity index (χ1n) is 4.89. The van der Waals surface area contributed by atoms with E-state index >= 15 is 0 Å². The van der Waals surface area contributed by atoms with Gasteiger partial charge >= 0.3 is 5.97 Å². The molecule has 86 valence electrons. The Morgan fingerprint density at radius 1 is 1.53 bits per heavy atom. The molecule has 17 heavy (non-hydrogen) atoms. The molecule has 0 aliphatic carbocycles. The summed E-state index contributed by atoms with van der Waals surface area (Å²) >= 11 is 3.36. The molecule has 3 rings (SSSR count). The normalized spacial score (nSPS) is 12.5. The SMILES string of the molecule is O=C(O)c1cn2c(n1)COc1cc(Br)ccc1-2. The van der Waals surface area contributed by atoms with Crippen molar-refractivity contribution in [2.45, 2.75) is 6.61 Å². The largest absolute Gasteiger partial charge is 0.483 e. The molecule has 0 bridgehead atoms. The van der Waals surface area contributed by atoms with Gasteiger partial charge in [0, 0.05) is 10.7 Å². The van der Waals surface area contributed by atoms with E-state index < -0.39 is 5.97 Å². The molecule has 1 aromatic carbocycles. The number of halogens is 1. The monoisotopic (exact) mass is 294 g/mol. The predicted molar refractivity (Wildman–Crippen MR) is 62.6 cm³/mol. The zero-order valence-electron chi connectivity index (χ0n) is 8.55. The molecule has 6 heteroatoms. The van der Waals surface area contributed by atoms with Gasteiger partial charge in [-0.2, -0.15) is 0 Å². The molecule has 0 saturated heterocycles. The number of nitrogens with zero attached hydrogens (tertiary/aromatic N) is 2. The van der Waals surface area contributed by atoms with Crippen LogP contribution in [0.15, 0.2) is 28.9 Å². The zero-order valence-corrected chi connectivity index (χ0v) is 10.1. The Labute approximate surface area is 105 Å². The Morgan fingerprint density at radius 3 is 3.12 bits per heavy atom. The highest BCUT2D eigenvalue weighted by Gasteiger charge is 2.21. The van der Waals surface area contributed by atoms with Crippen LogP contribution in [0, 0.1) is 0 Å². The number of hydrogen-bond donors (Lipinski definition) is 1. The van der Waals surface area contributed by atoms with Crippen LogP contribution in [0.2, 0.25) is 0 Å². The fourth-order valence-electron chi connectivity index (χ4n) is 1.78. The summed E-state index contributed by atoms with van der Waals surface area (Å²) in [5, 5.41) is 8.90. The molecular weight excluding hydrogens is 288 g/mol. The maximum Gasteiger partial charge on any atom is 0.356 e. The molecule has 1 aliphatic heterocycles. The van der Waals surface area contributed by atoms with Gasteiger partial charge in [0.2, 0.25) is 0 Å². The van der Waals surface area contributed by atoms with Gasteiger partial charge in [-0.05, 0) is 18.2 Å². The lowest BCUT2D eigenvalue weighted by molar-refractivity contribution is 0.0691. The first kappa shape index (κ1) is 10.3. The van der Waals surface area contributed by atoms with Crippen molar-refractivity contribution in [2.24, 2.45) is 0 Å². The minimum absolute atomic E-state index is 0.0272. The third-order valence-corrected chi connectivity index (χ3v) is 3.03. The van der Waals surface area contributed by atoms with E-state index in [1.54, 1.807) is 4.57 Å². The summed E-state index contributed by atoms with van der Waals surface area (Å²) in [5.41, 5.74) is 0.828. The molecule has 0 atom stereocenters. The van der Waals surface area contributed by atoms with Crippen LogP contribution in [0.1, 0.15) is 16.3 Å². The highest BCUT2D eigenvalue weighted by atomic mass is 79.9. The van der Waals surface area contributed by atoms with Gasteiger partial charge < -0.3 is 9.84 Å². The van der Waals surface area contributed by atoms with Gasteiger partial charge in [0.1, 0.15) is 12.4 Å². The number of ether oxygens (including phenoxy) is 1. The van der Waals surface area contributed by atoms with E-state index in [-0.39, 0.29) is 12.3 Å². The number of benzene rings is 1. The summed E-state index contributed by atoms with van der Waals surface area (Å²) in [5.74, 6) is 0.268. The highest BCUT2D eigenvalue weighted by Crippen LogP contribution is 2.32. The van der Waals surface area contributed by atoms with Gasteiger partial charge in [-0.3, -0.25) is 4.57 Å². The number of carbonyl (C=O) groups is 1. The fourth-order valence-corrected chi connectivity index (χ4v) is 2.12. The zero-order chi connectivity index (χ0) is 12.0. The van der Waals surface area contributed by atoms with Crippen LogP contribution >= 0.6 is 15.9 Å². The molecule has 1 aromatic heterocycles. The number of aromatic nitrogens is 2. The van der Waals surface area contributed by atoms with E-state index in [0.29, 0.717) is 11.6 Å². The molecule has 2 aromatic rings. The van der Waals surface area contributed by atoms with Gasteiger partial charge in [0.25, 0.3) is 0 Å². The van der Waals surface area contributed by atoms with Crippen LogP contribution in [0.3, 0.4) is 0 Å². The first-order valence-corrected chi connectivity index (χ1v) is 5.69. The molecule has 0 unspecified atom stereocenters. The van der Waals surface area contributed by atoms with Crippen LogP contribution in [-0.2, 0) is 6.61 Å². The smallest absolute Gasteiger partial charge is 0.356 e. The molecule has 2 heterocycles. The van der Waals surface area contributed by atoms with Crippen molar-refractivity contribution in [1.82, 2.24) is 9.55 Å². The molecule has 1 aliphatic rings. The third kappa shape index (κ3) is 1.61. The van der Waals surface area contributed by atoms with E-state index in [0.717, 1.165) is 10.2 Å². The second-order valence-corrected chi connectivity index (χ2v) is 4.53. The lowest BCUT2D eigenvalue weighted by Gasteiger charge is -2.19. The second-order valence-electron chi connectivity index (χ2n) is 3.62. The Balaban J connectivity index is 2.19. The van der Waals surface area contributed by atoms with Crippen molar-refractivity contribution in [3.05, 3.63) is 40.4 Å². The lowest BCUT2D eigenvalue weighted by atomic mass is 10.2. The molecule has 0 amide bonds. The molecule has 1 N–H and O–H groups in total. The fraction of sp³-hybridized carbons (Fsp3) is 0.0909. The Bertz CT molecular complexity index is 621. The van der Waals surface area contributed by atoms with Crippen molar-refractivity contribution < 1.29 is 14.6 Å². The third-order valence-electron chi connectivity index (χ3n) is 2.54. The number of imidazole rings is 1. The van der Waals surface area contributed by atoms with Crippen molar-refractivity contribution in [3.8, 4) is 11.4 Å². The molecule has 0 fully saturated rings. The summed E-state index contributed by atoms with van der Waals surface area (Å²) < 4.78 is 8.18. The average molecular weight is 295 g/mol. The number of fused-ring (bicyclic) bond motifs is 3. The van der Waals surface area contributed by atoms with Gasteiger partial charge in [-0.25, -0.2) is 9.78 Å². The highest BCUT2D eigenvalue weighted by molar-refractivity contribution is 9.10. The minimum atomic E-state index is -1.04. The molecule has 5 nitrogen and oxygen atoms in total. The summed E-state index contributed by atoms with van der Waals surface area (Å²) in [7, 11) is 0. The van der Waals surface area contributed by atoms with Crippen molar-refractivity contribution in [1.29, 1.82) is 0 Å². The standard InChI is InChI=1S/C11H7BrN2O3/c12-6-1-2-8-9(3-6)17-5-10-13-7(11(15)16)4-14(8)10/h1-4H,5H2,(H,15,16). The molecular formula is C11H7BrN2O3. The van der Waals surface area contributed by atoms with Crippen molar-refractivity contribution >= 4 is 21.9 Å². The van der Waals surface area contributed by atoms with Crippen LogP contribution in [-0.4, -0.2) is 20.6 Å². The van der Waals surface area contributed by atoms with Crippen LogP contribution in [0.5, 0.6) is 5.75 Å². The van der Waals surface area contributed by atoms with Crippen LogP contribution in [0.4, 0.5) is 0 Å². The average Bonchev–Trinajstić information content (AvgIpc) is 2.72. The van der Waals surface area contributed by atoms with Crippen molar-refractivity contribution in [2.75, 3.05) is 0 Å². The van der Waals surface area contributed by atoms with E-state index in [9.17, 15) is 4.79 Å². The topological polar surface area (TPSA) is 64.3 Å². The number of aromatic carboxylic acids is 1. The van der Waals surface area contributed by atoms with Gasteiger partial charge in [0.05, 0.1) is 5.69 Å². The molecule has 0 saturated carbocycles. The Hall–Kier alpha value is -1.82. The summed E-state index contributed by atoms with van der Waals surface area (Å²) in [6.07, 6.45) is 1.51. The number of carboxylic acid groups (broad SMARTS) is 1. The summed E-state index contributed by atoms with van der Waals surface area (Å²) in [6, 6.07) is 5.58. The molecule has 0 spiro atoms. The van der Waals surface area contributed by atoms with E-state index in [4.69, 9.17) is 9.84 Å². The summed E-state index contributed by atoms with van der Waals surface area (Å²) in [4.78, 5) is 14.9. The summed E-state index contributed by atoms with van der Waals surface area (Å²) in [6.45, 7) is 0.275. The first-order chi connectivity index (χ1) is 8.15. The second kappa shape index (κ2) is 3.59. The Morgan fingerprint density at radius 2 is 2.35 bits per heavy atom. The van der Waals surface area contributed by atoms with Crippen LogP contribution < -0.4 is 4.74 Å². The minimum Gasteiger partial charge on any atom is -0.483 e.